The van der Waals surface area contributed by atoms with Gasteiger partial charge in [0, 0.05) is 17.5 Å². The monoisotopic (exact) mass is 251 g/mol. The number of benzene rings is 1. The van der Waals surface area contributed by atoms with E-state index in [0.717, 1.165) is 24.8 Å². The fourth-order valence-electron chi connectivity index (χ4n) is 2.04. The predicted octanol–water partition coefficient (Wildman–Crippen LogP) is 3.05. The van der Waals surface area contributed by atoms with Gasteiger partial charge in [0.15, 0.2) is 0 Å². The first-order chi connectivity index (χ1) is 8.24. The number of rotatable bonds is 6. The highest BCUT2D eigenvalue weighted by Crippen LogP contribution is 2.29. The van der Waals surface area contributed by atoms with E-state index >= 15 is 0 Å². The molecule has 0 saturated heterocycles. The van der Waals surface area contributed by atoms with Crippen molar-refractivity contribution in [1.29, 1.82) is 0 Å². The van der Waals surface area contributed by atoms with Crippen LogP contribution in [0, 0.1) is 0 Å². The molecule has 0 spiro atoms. The lowest BCUT2D eigenvalue weighted by Crippen LogP contribution is -2.23. The third kappa shape index (κ3) is 3.39. The van der Waals surface area contributed by atoms with Crippen LogP contribution >= 0.6 is 11.8 Å². The number of nitrogens with zero attached hydrogens (tertiary/aromatic N) is 1. The Kier molecular flexibility index (Phi) is 4.35. The summed E-state index contributed by atoms with van der Waals surface area (Å²) in [7, 11) is 3.96. The molecular weight excluding hydrogens is 230 g/mol. The lowest BCUT2D eigenvalue weighted by atomic mass is 10.1. The number of hydrogen-bond donors (Lipinski definition) is 0. The average Bonchev–Trinajstić information content (AvgIpc) is 3.19. The third-order valence-corrected chi connectivity index (χ3v) is 4.13. The molecule has 1 aromatic rings. The fraction of sp³-hybridized carbons (Fsp3) is 0.571. The summed E-state index contributed by atoms with van der Waals surface area (Å²) in [5.74, 6) is 0.983. The smallest absolute Gasteiger partial charge is 0.132 e. The van der Waals surface area contributed by atoms with E-state index in [-0.39, 0.29) is 0 Å². The van der Waals surface area contributed by atoms with Gasteiger partial charge in [-0.2, -0.15) is 0 Å². The van der Waals surface area contributed by atoms with Gasteiger partial charge in [0.1, 0.15) is 5.75 Å². The second-order valence-electron chi connectivity index (χ2n) is 4.65. The molecule has 2 nitrogen and oxygen atoms in total. The maximum Gasteiger partial charge on any atom is 0.132 e. The molecule has 0 aliphatic heterocycles. The zero-order valence-corrected chi connectivity index (χ0v) is 11.7. The van der Waals surface area contributed by atoms with Gasteiger partial charge in [-0.25, -0.2) is 0 Å². The van der Waals surface area contributed by atoms with Crippen LogP contribution in [-0.4, -0.2) is 37.9 Å². The van der Waals surface area contributed by atoms with Gasteiger partial charge in [0.2, 0.25) is 0 Å². The molecule has 0 N–H and O–H groups in total. The fourth-order valence-corrected chi connectivity index (χ4v) is 2.66. The molecule has 0 heterocycles. The van der Waals surface area contributed by atoms with E-state index in [1.54, 1.807) is 18.9 Å². The Bertz CT molecular complexity index is 376. The highest BCUT2D eigenvalue weighted by Gasteiger charge is 2.25. The molecular formula is C14H21NOS. The molecule has 2 rings (SSSR count). The van der Waals surface area contributed by atoms with E-state index in [0.29, 0.717) is 0 Å². The minimum atomic E-state index is 0.855. The molecule has 0 aromatic heterocycles. The van der Waals surface area contributed by atoms with E-state index in [4.69, 9.17) is 4.74 Å². The van der Waals surface area contributed by atoms with Gasteiger partial charge in [-0.1, -0.05) is 6.07 Å². The first-order valence-corrected chi connectivity index (χ1v) is 7.38. The molecule has 3 heteroatoms. The van der Waals surface area contributed by atoms with Crippen molar-refractivity contribution in [3.8, 4) is 5.75 Å². The minimum Gasteiger partial charge on any atom is -0.496 e. The van der Waals surface area contributed by atoms with Crippen molar-refractivity contribution >= 4 is 11.8 Å². The van der Waals surface area contributed by atoms with Gasteiger partial charge >= 0.3 is 0 Å². The zero-order valence-electron chi connectivity index (χ0n) is 10.9. The Morgan fingerprint density at radius 1 is 1.41 bits per heavy atom. The van der Waals surface area contributed by atoms with Gasteiger partial charge in [-0.05, 0) is 50.3 Å². The van der Waals surface area contributed by atoms with Gasteiger partial charge < -0.3 is 9.64 Å². The summed E-state index contributed by atoms with van der Waals surface area (Å²) in [6.07, 6.45) is 5.99. The van der Waals surface area contributed by atoms with Gasteiger partial charge in [-0.3, -0.25) is 0 Å². The number of hydrogen-bond acceptors (Lipinski definition) is 3. The normalized spacial score (nSPS) is 15.3. The van der Waals surface area contributed by atoms with Gasteiger partial charge in [0.05, 0.1) is 7.11 Å². The van der Waals surface area contributed by atoms with E-state index in [9.17, 15) is 0 Å². The minimum absolute atomic E-state index is 0.855. The van der Waals surface area contributed by atoms with Crippen LogP contribution in [0.2, 0.25) is 0 Å². The van der Waals surface area contributed by atoms with E-state index in [1.165, 1.54) is 23.3 Å². The van der Waals surface area contributed by atoms with Crippen LogP contribution in [0.25, 0.3) is 0 Å². The molecule has 1 fully saturated rings. The highest BCUT2D eigenvalue weighted by molar-refractivity contribution is 7.98. The summed E-state index contributed by atoms with van der Waals surface area (Å²) >= 11 is 1.75. The summed E-state index contributed by atoms with van der Waals surface area (Å²) in [5.41, 5.74) is 1.41. The Hall–Kier alpha value is -0.670. The summed E-state index contributed by atoms with van der Waals surface area (Å²) in [4.78, 5) is 3.71. The highest BCUT2D eigenvalue weighted by atomic mass is 32.2. The van der Waals surface area contributed by atoms with Crippen molar-refractivity contribution in [2.75, 3.05) is 27.0 Å². The van der Waals surface area contributed by atoms with Crippen molar-refractivity contribution in [1.82, 2.24) is 4.90 Å². The van der Waals surface area contributed by atoms with Gasteiger partial charge in [0.25, 0.3) is 0 Å². The molecule has 1 aromatic carbocycles. The van der Waals surface area contributed by atoms with Crippen molar-refractivity contribution < 1.29 is 4.74 Å². The maximum absolute atomic E-state index is 5.33. The Morgan fingerprint density at radius 3 is 2.76 bits per heavy atom. The predicted molar refractivity (Wildman–Crippen MR) is 74.1 cm³/mol. The number of likely N-dealkylation sites (N-methyl/N-ethyl adjacent to an activating group) is 1. The second-order valence-corrected chi connectivity index (χ2v) is 5.50. The van der Waals surface area contributed by atoms with Crippen molar-refractivity contribution in [2.24, 2.45) is 0 Å². The van der Waals surface area contributed by atoms with E-state index in [2.05, 4.69) is 36.4 Å². The lowest BCUT2D eigenvalue weighted by Gasteiger charge is -2.16. The molecule has 17 heavy (non-hydrogen) atoms. The summed E-state index contributed by atoms with van der Waals surface area (Å²) in [5, 5.41) is 0. The summed E-state index contributed by atoms with van der Waals surface area (Å²) < 4.78 is 5.33. The van der Waals surface area contributed by atoms with Crippen LogP contribution in [0.15, 0.2) is 23.1 Å². The van der Waals surface area contributed by atoms with Crippen LogP contribution < -0.4 is 4.74 Å². The van der Waals surface area contributed by atoms with Crippen molar-refractivity contribution in [3.05, 3.63) is 23.8 Å². The molecule has 0 atom stereocenters. The van der Waals surface area contributed by atoms with Crippen molar-refractivity contribution in [3.63, 3.8) is 0 Å². The molecule has 94 valence electrons. The number of thioether (sulfide) groups is 1. The standard InChI is InChI=1S/C14H21NOS/c1-15(12-5-6-12)9-8-11-4-7-13(16-2)14(10-11)17-3/h4,7,10,12H,5-6,8-9H2,1-3H3. The summed E-state index contributed by atoms with van der Waals surface area (Å²) in [6, 6.07) is 7.37. The lowest BCUT2D eigenvalue weighted by molar-refractivity contribution is 0.328. The summed E-state index contributed by atoms with van der Waals surface area (Å²) in [6.45, 7) is 1.16. The quantitative estimate of drug-likeness (QED) is 0.721. The van der Waals surface area contributed by atoms with Crippen LogP contribution in [0.4, 0.5) is 0 Å². The van der Waals surface area contributed by atoms with Crippen LogP contribution in [0.3, 0.4) is 0 Å². The van der Waals surface area contributed by atoms with Crippen molar-refractivity contribution in [2.45, 2.75) is 30.2 Å². The molecule has 0 unspecified atom stereocenters. The average molecular weight is 251 g/mol. The molecule has 1 saturated carbocycles. The maximum atomic E-state index is 5.33. The molecule has 1 aliphatic carbocycles. The van der Waals surface area contributed by atoms with Crippen LogP contribution in [0.1, 0.15) is 18.4 Å². The van der Waals surface area contributed by atoms with E-state index < -0.39 is 0 Å². The van der Waals surface area contributed by atoms with Gasteiger partial charge in [-0.15, -0.1) is 11.8 Å². The molecule has 0 amide bonds. The Morgan fingerprint density at radius 2 is 2.18 bits per heavy atom. The first kappa shape index (κ1) is 12.8. The molecule has 0 radical (unpaired) electrons. The third-order valence-electron chi connectivity index (χ3n) is 3.37. The van der Waals surface area contributed by atoms with Crippen LogP contribution in [0.5, 0.6) is 5.75 Å². The second kappa shape index (κ2) is 5.78. The molecule has 1 aliphatic rings. The molecule has 0 bridgehead atoms. The SMILES string of the molecule is COc1ccc(CCN(C)C2CC2)cc1SC. The van der Waals surface area contributed by atoms with E-state index in [1.807, 2.05) is 0 Å². The number of methoxy groups -OCH3 is 1. The van der Waals surface area contributed by atoms with Crippen LogP contribution in [-0.2, 0) is 6.42 Å². The number of ether oxygens (including phenoxy) is 1. The topological polar surface area (TPSA) is 12.5 Å². The largest absolute Gasteiger partial charge is 0.496 e. The zero-order chi connectivity index (χ0) is 12.3. The first-order valence-electron chi connectivity index (χ1n) is 6.15. The Balaban J connectivity index is 1.95. The Labute approximate surface area is 108 Å².